The van der Waals surface area contributed by atoms with Crippen molar-refractivity contribution in [1.29, 1.82) is 0 Å². The summed E-state index contributed by atoms with van der Waals surface area (Å²) < 4.78 is 11.4. The SMILES string of the molecule is Cc1cc(Nc2ncccn2)ccc1OC1CCOCC1. The van der Waals surface area contributed by atoms with E-state index in [9.17, 15) is 0 Å². The fourth-order valence-electron chi connectivity index (χ4n) is 2.33. The van der Waals surface area contributed by atoms with Crippen LogP contribution in [0, 0.1) is 6.92 Å². The first-order chi connectivity index (χ1) is 10.3. The van der Waals surface area contributed by atoms with Gasteiger partial charge in [-0.1, -0.05) is 0 Å². The molecule has 1 fully saturated rings. The minimum absolute atomic E-state index is 0.258. The Morgan fingerprint density at radius 3 is 2.67 bits per heavy atom. The van der Waals surface area contributed by atoms with Gasteiger partial charge in [-0.15, -0.1) is 0 Å². The number of aryl methyl sites for hydroxylation is 1. The van der Waals surface area contributed by atoms with Crippen molar-refractivity contribution in [1.82, 2.24) is 9.97 Å². The quantitative estimate of drug-likeness (QED) is 0.935. The molecule has 3 rings (SSSR count). The number of benzene rings is 1. The molecule has 1 aliphatic rings. The van der Waals surface area contributed by atoms with Crippen molar-refractivity contribution in [2.75, 3.05) is 18.5 Å². The van der Waals surface area contributed by atoms with E-state index >= 15 is 0 Å². The number of ether oxygens (including phenoxy) is 2. The Morgan fingerprint density at radius 1 is 1.19 bits per heavy atom. The first-order valence-electron chi connectivity index (χ1n) is 7.20. The molecule has 0 radical (unpaired) electrons. The van der Waals surface area contributed by atoms with Crippen LogP contribution in [-0.4, -0.2) is 29.3 Å². The molecule has 2 heterocycles. The summed E-state index contributed by atoms with van der Waals surface area (Å²) in [7, 11) is 0. The minimum atomic E-state index is 0.258. The second kappa shape index (κ2) is 6.54. The lowest BCUT2D eigenvalue weighted by Gasteiger charge is -2.24. The third kappa shape index (κ3) is 3.70. The van der Waals surface area contributed by atoms with Crippen molar-refractivity contribution in [3.8, 4) is 5.75 Å². The number of aromatic nitrogens is 2. The van der Waals surface area contributed by atoms with E-state index in [1.165, 1.54) is 0 Å². The minimum Gasteiger partial charge on any atom is -0.490 e. The molecule has 1 N–H and O–H groups in total. The summed E-state index contributed by atoms with van der Waals surface area (Å²) in [4.78, 5) is 8.30. The molecule has 0 atom stereocenters. The van der Waals surface area contributed by atoms with Gasteiger partial charge in [0.05, 0.1) is 13.2 Å². The van der Waals surface area contributed by atoms with Crippen LogP contribution in [0.3, 0.4) is 0 Å². The highest BCUT2D eigenvalue weighted by atomic mass is 16.5. The largest absolute Gasteiger partial charge is 0.490 e. The maximum Gasteiger partial charge on any atom is 0.227 e. The standard InChI is InChI=1S/C16H19N3O2/c1-12-11-13(19-16-17-7-2-8-18-16)3-4-15(12)21-14-5-9-20-10-6-14/h2-4,7-8,11,14H,5-6,9-10H2,1H3,(H,17,18,19). The van der Waals surface area contributed by atoms with Gasteiger partial charge < -0.3 is 14.8 Å². The van der Waals surface area contributed by atoms with Gasteiger partial charge >= 0.3 is 0 Å². The van der Waals surface area contributed by atoms with E-state index in [1.54, 1.807) is 18.5 Å². The van der Waals surface area contributed by atoms with E-state index < -0.39 is 0 Å². The maximum absolute atomic E-state index is 6.05. The van der Waals surface area contributed by atoms with Crippen LogP contribution in [0.15, 0.2) is 36.7 Å². The molecule has 5 nitrogen and oxygen atoms in total. The summed E-state index contributed by atoms with van der Waals surface area (Å²) in [5.41, 5.74) is 2.06. The van der Waals surface area contributed by atoms with Gasteiger partial charge in [0.25, 0.3) is 0 Å². The van der Waals surface area contributed by atoms with Crippen LogP contribution in [0.5, 0.6) is 5.75 Å². The first-order valence-corrected chi connectivity index (χ1v) is 7.20. The molecule has 1 aromatic heterocycles. The van der Waals surface area contributed by atoms with Gasteiger partial charge in [-0.25, -0.2) is 9.97 Å². The van der Waals surface area contributed by atoms with E-state index in [-0.39, 0.29) is 6.10 Å². The van der Waals surface area contributed by atoms with Gasteiger partial charge in [0, 0.05) is 30.9 Å². The summed E-state index contributed by atoms with van der Waals surface area (Å²) in [5, 5.41) is 3.18. The highest BCUT2D eigenvalue weighted by Crippen LogP contribution is 2.26. The van der Waals surface area contributed by atoms with Crippen LogP contribution < -0.4 is 10.1 Å². The van der Waals surface area contributed by atoms with Gasteiger partial charge in [-0.3, -0.25) is 0 Å². The highest BCUT2D eigenvalue weighted by Gasteiger charge is 2.16. The molecule has 0 bridgehead atoms. The normalized spacial score (nSPS) is 15.7. The van der Waals surface area contributed by atoms with E-state index in [0.29, 0.717) is 5.95 Å². The average Bonchev–Trinajstić information content (AvgIpc) is 2.52. The summed E-state index contributed by atoms with van der Waals surface area (Å²) in [5.74, 6) is 1.52. The smallest absolute Gasteiger partial charge is 0.227 e. The lowest BCUT2D eigenvalue weighted by atomic mass is 10.1. The van der Waals surface area contributed by atoms with Crippen LogP contribution in [0.25, 0.3) is 0 Å². The molecule has 21 heavy (non-hydrogen) atoms. The van der Waals surface area contributed by atoms with Crippen molar-refractivity contribution >= 4 is 11.6 Å². The Balaban J connectivity index is 1.67. The number of rotatable bonds is 4. The molecule has 2 aromatic rings. The van der Waals surface area contributed by atoms with Crippen molar-refractivity contribution in [2.45, 2.75) is 25.9 Å². The highest BCUT2D eigenvalue weighted by molar-refractivity contribution is 5.56. The molecule has 0 amide bonds. The molecule has 5 heteroatoms. The third-order valence-electron chi connectivity index (χ3n) is 3.46. The van der Waals surface area contributed by atoms with E-state index in [2.05, 4.69) is 15.3 Å². The summed E-state index contributed by atoms with van der Waals surface area (Å²) in [6.07, 6.45) is 5.60. The predicted octanol–water partition coefficient (Wildman–Crippen LogP) is 3.09. The Bertz CT molecular complexity index is 583. The van der Waals surface area contributed by atoms with Crippen molar-refractivity contribution in [3.63, 3.8) is 0 Å². The molecule has 1 saturated heterocycles. The zero-order chi connectivity index (χ0) is 14.5. The molecule has 110 valence electrons. The summed E-state index contributed by atoms with van der Waals surface area (Å²) >= 11 is 0. The molecule has 1 aliphatic heterocycles. The van der Waals surface area contributed by atoms with Gasteiger partial charge in [0.2, 0.25) is 5.95 Å². The zero-order valence-corrected chi connectivity index (χ0v) is 12.1. The molecular formula is C16H19N3O2. The number of hydrogen-bond donors (Lipinski definition) is 1. The van der Waals surface area contributed by atoms with Crippen molar-refractivity contribution < 1.29 is 9.47 Å². The Morgan fingerprint density at radius 2 is 1.95 bits per heavy atom. The van der Waals surface area contributed by atoms with E-state index in [0.717, 1.165) is 43.1 Å². The van der Waals surface area contributed by atoms with Gasteiger partial charge in [-0.05, 0) is 36.8 Å². The lowest BCUT2D eigenvalue weighted by Crippen LogP contribution is -2.26. The Hall–Kier alpha value is -2.14. The third-order valence-corrected chi connectivity index (χ3v) is 3.46. The van der Waals surface area contributed by atoms with Crippen LogP contribution in [0.2, 0.25) is 0 Å². The van der Waals surface area contributed by atoms with Crippen molar-refractivity contribution in [2.24, 2.45) is 0 Å². The van der Waals surface area contributed by atoms with Crippen LogP contribution in [-0.2, 0) is 4.74 Å². The molecular weight excluding hydrogens is 266 g/mol. The zero-order valence-electron chi connectivity index (χ0n) is 12.1. The topological polar surface area (TPSA) is 56.3 Å². The first kappa shape index (κ1) is 13.8. The van der Waals surface area contributed by atoms with E-state index in [4.69, 9.17) is 9.47 Å². The molecule has 0 unspecified atom stereocenters. The fourth-order valence-corrected chi connectivity index (χ4v) is 2.33. The average molecular weight is 285 g/mol. The van der Waals surface area contributed by atoms with Gasteiger partial charge in [-0.2, -0.15) is 0 Å². The Labute approximate surface area is 124 Å². The van der Waals surface area contributed by atoms with Crippen molar-refractivity contribution in [3.05, 3.63) is 42.2 Å². The van der Waals surface area contributed by atoms with Gasteiger partial charge in [0.15, 0.2) is 0 Å². The molecule has 1 aromatic carbocycles. The summed E-state index contributed by atoms with van der Waals surface area (Å²) in [6, 6.07) is 7.82. The lowest BCUT2D eigenvalue weighted by molar-refractivity contribution is 0.0253. The maximum atomic E-state index is 6.05. The fraction of sp³-hybridized carbons (Fsp3) is 0.375. The predicted molar refractivity (Wildman–Crippen MR) is 81.0 cm³/mol. The number of nitrogens with zero attached hydrogens (tertiary/aromatic N) is 2. The molecule has 0 saturated carbocycles. The van der Waals surface area contributed by atoms with E-state index in [1.807, 2.05) is 25.1 Å². The van der Waals surface area contributed by atoms with Crippen LogP contribution in [0.4, 0.5) is 11.6 Å². The van der Waals surface area contributed by atoms with Gasteiger partial charge in [0.1, 0.15) is 11.9 Å². The van der Waals surface area contributed by atoms with Crippen LogP contribution >= 0.6 is 0 Å². The Kier molecular flexibility index (Phi) is 4.31. The second-order valence-corrected chi connectivity index (χ2v) is 5.11. The molecule has 0 aliphatic carbocycles. The number of hydrogen-bond acceptors (Lipinski definition) is 5. The van der Waals surface area contributed by atoms with Crippen LogP contribution in [0.1, 0.15) is 18.4 Å². The molecule has 0 spiro atoms. The monoisotopic (exact) mass is 285 g/mol. The second-order valence-electron chi connectivity index (χ2n) is 5.11. The number of nitrogens with one attached hydrogen (secondary N) is 1. The summed E-state index contributed by atoms with van der Waals surface area (Å²) in [6.45, 7) is 3.62. The number of anilines is 2.